The third-order valence-electron chi connectivity index (χ3n) is 5.78. The Balaban J connectivity index is 1.28. The molecule has 0 saturated carbocycles. The minimum absolute atomic E-state index is 0.518. The Bertz CT molecular complexity index is 1220. The highest BCUT2D eigenvalue weighted by Gasteiger charge is 2.12. The molecule has 0 N–H and O–H groups in total. The molecule has 0 atom stereocenters. The SMILES string of the molecule is Clc1ccc(-c2cccc3nc(Cc4ccc(OCCN5CCCC5)cc4)nn23)cc1Cl. The van der Waals surface area contributed by atoms with Crippen molar-refractivity contribution in [1.82, 2.24) is 19.5 Å². The zero-order valence-corrected chi connectivity index (χ0v) is 19.2. The zero-order valence-electron chi connectivity index (χ0n) is 17.7. The Kier molecular flexibility index (Phi) is 6.30. The Morgan fingerprint density at radius 3 is 2.50 bits per heavy atom. The van der Waals surface area contributed by atoms with E-state index >= 15 is 0 Å². The molecule has 164 valence electrons. The first-order valence-corrected chi connectivity index (χ1v) is 11.7. The number of benzene rings is 2. The summed E-state index contributed by atoms with van der Waals surface area (Å²) in [6, 6.07) is 19.7. The standard InChI is InChI=1S/C25H24Cl2N4O/c26-21-11-8-19(17-22(21)27)23-4-3-5-25-28-24(29-31(23)25)16-18-6-9-20(10-7-18)32-15-14-30-12-1-2-13-30/h3-11,17H,1-2,12-16H2. The molecule has 5 rings (SSSR count). The van der Waals surface area contributed by atoms with Crippen molar-refractivity contribution in [2.24, 2.45) is 0 Å². The third-order valence-corrected chi connectivity index (χ3v) is 6.52. The predicted octanol–water partition coefficient (Wildman–Crippen LogP) is 5.77. The Morgan fingerprint density at radius 2 is 1.72 bits per heavy atom. The Morgan fingerprint density at radius 1 is 0.906 bits per heavy atom. The number of nitrogens with zero attached hydrogens (tertiary/aromatic N) is 4. The molecule has 0 spiro atoms. The van der Waals surface area contributed by atoms with E-state index in [1.165, 1.54) is 25.9 Å². The van der Waals surface area contributed by atoms with Gasteiger partial charge in [-0.15, -0.1) is 0 Å². The molecular weight excluding hydrogens is 443 g/mol. The van der Waals surface area contributed by atoms with E-state index in [0.717, 1.165) is 47.2 Å². The highest BCUT2D eigenvalue weighted by Crippen LogP contribution is 2.28. The Hall–Kier alpha value is -2.60. The smallest absolute Gasteiger partial charge is 0.156 e. The van der Waals surface area contributed by atoms with Gasteiger partial charge in [0.2, 0.25) is 0 Å². The van der Waals surface area contributed by atoms with Gasteiger partial charge in [-0.1, -0.05) is 47.5 Å². The van der Waals surface area contributed by atoms with Crippen LogP contribution in [0, 0.1) is 0 Å². The monoisotopic (exact) mass is 466 g/mol. The maximum atomic E-state index is 6.21. The first kappa shape index (κ1) is 21.3. The van der Waals surface area contributed by atoms with Crippen LogP contribution in [0.3, 0.4) is 0 Å². The molecule has 2 aromatic heterocycles. The second kappa shape index (κ2) is 9.49. The van der Waals surface area contributed by atoms with Gasteiger partial charge in [0.1, 0.15) is 12.4 Å². The molecule has 1 saturated heterocycles. The van der Waals surface area contributed by atoms with Crippen molar-refractivity contribution >= 4 is 28.8 Å². The minimum Gasteiger partial charge on any atom is -0.492 e. The molecule has 0 radical (unpaired) electrons. The molecule has 1 aliphatic heterocycles. The largest absolute Gasteiger partial charge is 0.492 e. The van der Waals surface area contributed by atoms with Crippen LogP contribution in [0.1, 0.15) is 24.2 Å². The van der Waals surface area contributed by atoms with Crippen LogP contribution in [-0.4, -0.2) is 45.7 Å². The van der Waals surface area contributed by atoms with Gasteiger partial charge < -0.3 is 4.74 Å². The van der Waals surface area contributed by atoms with E-state index in [1.54, 1.807) is 6.07 Å². The molecule has 1 fully saturated rings. The zero-order chi connectivity index (χ0) is 21.9. The van der Waals surface area contributed by atoms with Crippen molar-refractivity contribution < 1.29 is 4.74 Å². The number of ether oxygens (including phenoxy) is 1. The van der Waals surface area contributed by atoms with Crippen LogP contribution in [0.4, 0.5) is 0 Å². The number of rotatable bonds is 7. The molecule has 1 aliphatic rings. The van der Waals surface area contributed by atoms with Crippen LogP contribution < -0.4 is 4.74 Å². The van der Waals surface area contributed by atoms with Gasteiger partial charge in [0.05, 0.1) is 15.7 Å². The minimum atomic E-state index is 0.518. The lowest BCUT2D eigenvalue weighted by molar-refractivity contribution is 0.238. The van der Waals surface area contributed by atoms with Gasteiger partial charge in [-0.3, -0.25) is 4.90 Å². The molecule has 0 aliphatic carbocycles. The summed E-state index contributed by atoms with van der Waals surface area (Å²) in [5.41, 5.74) is 3.80. The second-order valence-electron chi connectivity index (χ2n) is 8.06. The molecule has 5 nitrogen and oxygen atoms in total. The summed E-state index contributed by atoms with van der Waals surface area (Å²) in [7, 11) is 0. The van der Waals surface area contributed by atoms with Gasteiger partial charge >= 0.3 is 0 Å². The van der Waals surface area contributed by atoms with Gasteiger partial charge in [-0.2, -0.15) is 5.10 Å². The average molecular weight is 467 g/mol. The van der Waals surface area contributed by atoms with Gasteiger partial charge in [-0.25, -0.2) is 9.50 Å². The number of halogens is 2. The summed E-state index contributed by atoms with van der Waals surface area (Å²) < 4.78 is 7.76. The summed E-state index contributed by atoms with van der Waals surface area (Å²) in [6.07, 6.45) is 3.26. The summed E-state index contributed by atoms with van der Waals surface area (Å²) in [4.78, 5) is 7.16. The van der Waals surface area contributed by atoms with Crippen molar-refractivity contribution in [2.45, 2.75) is 19.3 Å². The number of hydrogen-bond donors (Lipinski definition) is 0. The van der Waals surface area contributed by atoms with E-state index < -0.39 is 0 Å². The molecule has 0 amide bonds. The van der Waals surface area contributed by atoms with Gasteiger partial charge in [0.25, 0.3) is 0 Å². The lowest BCUT2D eigenvalue weighted by Gasteiger charge is -2.14. The molecule has 0 unspecified atom stereocenters. The quantitative estimate of drug-likeness (QED) is 0.346. The van der Waals surface area contributed by atoms with Crippen molar-refractivity contribution in [3.63, 3.8) is 0 Å². The summed E-state index contributed by atoms with van der Waals surface area (Å²) in [5.74, 6) is 1.66. The topological polar surface area (TPSA) is 42.7 Å². The molecule has 7 heteroatoms. The molecule has 32 heavy (non-hydrogen) atoms. The summed E-state index contributed by atoms with van der Waals surface area (Å²) in [6.45, 7) is 4.11. The summed E-state index contributed by atoms with van der Waals surface area (Å²) >= 11 is 12.3. The second-order valence-corrected chi connectivity index (χ2v) is 8.87. The maximum absolute atomic E-state index is 6.21. The fourth-order valence-corrected chi connectivity index (χ4v) is 4.38. The fourth-order valence-electron chi connectivity index (χ4n) is 4.08. The van der Waals surface area contributed by atoms with Crippen molar-refractivity contribution in [2.75, 3.05) is 26.2 Å². The summed E-state index contributed by atoms with van der Waals surface area (Å²) in [5, 5.41) is 5.80. The highest BCUT2D eigenvalue weighted by molar-refractivity contribution is 6.42. The van der Waals surface area contributed by atoms with E-state index in [4.69, 9.17) is 38.0 Å². The number of pyridine rings is 1. The molecule has 3 heterocycles. The van der Waals surface area contributed by atoms with Crippen molar-refractivity contribution in [3.05, 3.63) is 82.1 Å². The maximum Gasteiger partial charge on any atom is 0.156 e. The van der Waals surface area contributed by atoms with Gasteiger partial charge in [0.15, 0.2) is 11.5 Å². The normalized spacial score (nSPS) is 14.3. The van der Waals surface area contributed by atoms with Crippen LogP contribution in [0.5, 0.6) is 5.75 Å². The first-order chi connectivity index (χ1) is 15.7. The fraction of sp³-hybridized carbons (Fsp3) is 0.280. The first-order valence-electron chi connectivity index (χ1n) is 10.9. The molecule has 4 aromatic rings. The van der Waals surface area contributed by atoms with Gasteiger partial charge in [-0.05, 0) is 67.9 Å². The van der Waals surface area contributed by atoms with Crippen molar-refractivity contribution in [3.8, 4) is 17.0 Å². The van der Waals surface area contributed by atoms with Crippen LogP contribution in [0.15, 0.2) is 60.7 Å². The molecular formula is C25H24Cl2N4O. The number of fused-ring (bicyclic) bond motifs is 1. The van der Waals surface area contributed by atoms with Crippen molar-refractivity contribution in [1.29, 1.82) is 0 Å². The van der Waals surface area contributed by atoms with E-state index in [2.05, 4.69) is 17.0 Å². The van der Waals surface area contributed by atoms with Gasteiger partial charge in [0, 0.05) is 18.5 Å². The molecule has 0 bridgehead atoms. The predicted molar refractivity (Wildman–Crippen MR) is 129 cm³/mol. The van der Waals surface area contributed by atoms with E-state index in [9.17, 15) is 0 Å². The number of likely N-dealkylation sites (tertiary alicyclic amines) is 1. The number of hydrogen-bond acceptors (Lipinski definition) is 4. The lowest BCUT2D eigenvalue weighted by atomic mass is 10.1. The van der Waals surface area contributed by atoms with E-state index in [0.29, 0.717) is 16.5 Å². The van der Waals surface area contributed by atoms with E-state index in [-0.39, 0.29) is 0 Å². The lowest BCUT2D eigenvalue weighted by Crippen LogP contribution is -2.25. The molecule has 2 aromatic carbocycles. The van der Waals surface area contributed by atoms with E-state index in [1.807, 2.05) is 47.0 Å². The van der Waals surface area contributed by atoms with Crippen LogP contribution in [-0.2, 0) is 6.42 Å². The third kappa shape index (κ3) is 4.75. The van der Waals surface area contributed by atoms with Crippen LogP contribution in [0.2, 0.25) is 10.0 Å². The average Bonchev–Trinajstić information content (AvgIpc) is 3.46. The Labute approximate surface area is 197 Å². The highest BCUT2D eigenvalue weighted by atomic mass is 35.5. The number of aromatic nitrogens is 3. The van der Waals surface area contributed by atoms with Crippen LogP contribution >= 0.6 is 23.2 Å². The van der Waals surface area contributed by atoms with Crippen LogP contribution in [0.25, 0.3) is 16.9 Å².